The lowest BCUT2D eigenvalue weighted by Crippen LogP contribution is -2.49. The lowest BCUT2D eigenvalue weighted by molar-refractivity contribution is 0.383. The van der Waals surface area contributed by atoms with Gasteiger partial charge in [-0.1, -0.05) is 0 Å². The van der Waals surface area contributed by atoms with Crippen LogP contribution in [0.1, 0.15) is 36.3 Å². The molecule has 2 unspecified atom stereocenters. The first-order valence-corrected chi connectivity index (χ1v) is 9.97. The van der Waals surface area contributed by atoms with Crippen LogP contribution >= 0.6 is 0 Å². The minimum atomic E-state index is 0.485. The zero-order valence-corrected chi connectivity index (χ0v) is 16.1. The van der Waals surface area contributed by atoms with Crippen molar-refractivity contribution in [3.63, 3.8) is 0 Å². The molecule has 0 spiro atoms. The van der Waals surface area contributed by atoms with Crippen molar-refractivity contribution in [1.82, 2.24) is 19.9 Å². The van der Waals surface area contributed by atoms with Crippen LogP contribution in [0.25, 0.3) is 0 Å². The second kappa shape index (κ2) is 6.62. The number of aryl methyl sites for hydroxylation is 2. The van der Waals surface area contributed by atoms with Crippen molar-refractivity contribution in [1.29, 1.82) is 0 Å². The number of anilines is 2. The molecular formula is C20H26N6O. The zero-order chi connectivity index (χ0) is 18.4. The largest absolute Gasteiger partial charge is 0.481 e. The molecule has 2 aliphatic heterocycles. The van der Waals surface area contributed by atoms with Crippen molar-refractivity contribution >= 4 is 11.6 Å². The van der Waals surface area contributed by atoms with Crippen LogP contribution in [0.3, 0.4) is 0 Å². The zero-order valence-electron chi connectivity index (χ0n) is 16.1. The van der Waals surface area contributed by atoms with Gasteiger partial charge in [-0.05, 0) is 44.9 Å². The van der Waals surface area contributed by atoms with Gasteiger partial charge in [-0.15, -0.1) is 0 Å². The van der Waals surface area contributed by atoms with Gasteiger partial charge >= 0.3 is 0 Å². The summed E-state index contributed by atoms with van der Waals surface area (Å²) in [6.07, 6.45) is 7.46. The molecule has 0 N–H and O–H groups in total. The maximum absolute atomic E-state index is 5.28. The van der Waals surface area contributed by atoms with E-state index in [0.29, 0.717) is 11.9 Å². The summed E-state index contributed by atoms with van der Waals surface area (Å²) in [5.41, 5.74) is 2.66. The van der Waals surface area contributed by atoms with Crippen LogP contribution in [-0.2, 0) is 12.8 Å². The minimum absolute atomic E-state index is 0.485. The molecule has 0 amide bonds. The van der Waals surface area contributed by atoms with E-state index >= 15 is 0 Å². The summed E-state index contributed by atoms with van der Waals surface area (Å²) in [6.45, 7) is 5.13. The van der Waals surface area contributed by atoms with Crippen LogP contribution in [0.4, 0.5) is 11.6 Å². The molecule has 2 aromatic rings. The van der Waals surface area contributed by atoms with Crippen molar-refractivity contribution in [3.05, 3.63) is 29.5 Å². The molecule has 0 aromatic carbocycles. The fraction of sp³-hybridized carbons (Fsp3) is 0.600. The van der Waals surface area contributed by atoms with Crippen LogP contribution in [0.5, 0.6) is 5.88 Å². The second-order valence-electron chi connectivity index (χ2n) is 7.84. The number of rotatable bonds is 3. The SMILES string of the molecule is COc1cc(N2CCC3CCN(c4nc(C)nc5c4CCC5)C3C2)ncn1. The van der Waals surface area contributed by atoms with E-state index in [0.717, 1.165) is 50.0 Å². The summed E-state index contributed by atoms with van der Waals surface area (Å²) < 4.78 is 5.28. The van der Waals surface area contributed by atoms with Gasteiger partial charge in [0.05, 0.1) is 13.2 Å². The Morgan fingerprint density at radius 3 is 2.89 bits per heavy atom. The number of nitrogens with zero attached hydrogens (tertiary/aromatic N) is 6. The van der Waals surface area contributed by atoms with Crippen molar-refractivity contribution in [3.8, 4) is 5.88 Å². The van der Waals surface area contributed by atoms with E-state index in [1.807, 2.05) is 13.0 Å². The Morgan fingerprint density at radius 1 is 1.11 bits per heavy atom. The average molecular weight is 366 g/mol. The highest BCUT2D eigenvalue weighted by molar-refractivity contribution is 5.54. The predicted octanol–water partition coefficient (Wildman–Crippen LogP) is 2.18. The summed E-state index contributed by atoms with van der Waals surface area (Å²) in [5.74, 6) is 4.41. The molecule has 4 heterocycles. The van der Waals surface area contributed by atoms with Gasteiger partial charge in [0.2, 0.25) is 5.88 Å². The topological polar surface area (TPSA) is 67.3 Å². The van der Waals surface area contributed by atoms with E-state index < -0.39 is 0 Å². The van der Waals surface area contributed by atoms with Crippen LogP contribution in [-0.4, -0.2) is 52.7 Å². The van der Waals surface area contributed by atoms with Crippen LogP contribution in [0.2, 0.25) is 0 Å². The number of hydrogen-bond acceptors (Lipinski definition) is 7. The van der Waals surface area contributed by atoms with Gasteiger partial charge in [0.1, 0.15) is 23.8 Å². The molecule has 2 fully saturated rings. The minimum Gasteiger partial charge on any atom is -0.481 e. The summed E-state index contributed by atoms with van der Waals surface area (Å²) in [6, 6.07) is 2.42. The van der Waals surface area contributed by atoms with Gasteiger partial charge in [0, 0.05) is 37.0 Å². The third-order valence-corrected chi connectivity index (χ3v) is 6.32. The Kier molecular flexibility index (Phi) is 4.10. The normalized spacial score (nSPS) is 24.1. The van der Waals surface area contributed by atoms with E-state index in [1.165, 1.54) is 36.3 Å². The molecule has 1 aliphatic carbocycles. The number of hydrogen-bond donors (Lipinski definition) is 0. The highest BCUT2D eigenvalue weighted by Gasteiger charge is 2.40. The molecule has 2 saturated heterocycles. The summed E-state index contributed by atoms with van der Waals surface area (Å²) in [4.78, 5) is 23.2. The molecule has 7 heteroatoms. The van der Waals surface area contributed by atoms with Gasteiger partial charge in [-0.3, -0.25) is 0 Å². The number of aromatic nitrogens is 4. The van der Waals surface area contributed by atoms with Crippen molar-refractivity contribution < 1.29 is 4.74 Å². The monoisotopic (exact) mass is 366 g/mol. The van der Waals surface area contributed by atoms with E-state index in [9.17, 15) is 0 Å². The van der Waals surface area contributed by atoms with Crippen molar-refractivity contribution in [2.75, 3.05) is 36.5 Å². The Labute approximate surface area is 159 Å². The lowest BCUT2D eigenvalue weighted by Gasteiger charge is -2.39. The molecule has 142 valence electrons. The predicted molar refractivity (Wildman–Crippen MR) is 103 cm³/mol. The molecule has 7 nitrogen and oxygen atoms in total. The van der Waals surface area contributed by atoms with Gasteiger partial charge < -0.3 is 14.5 Å². The average Bonchev–Trinajstić information content (AvgIpc) is 3.33. The third kappa shape index (κ3) is 2.89. The summed E-state index contributed by atoms with van der Waals surface area (Å²) in [5, 5.41) is 0. The van der Waals surface area contributed by atoms with Crippen LogP contribution < -0.4 is 14.5 Å². The molecule has 0 saturated carbocycles. The molecule has 27 heavy (non-hydrogen) atoms. The van der Waals surface area contributed by atoms with Crippen LogP contribution in [0, 0.1) is 12.8 Å². The van der Waals surface area contributed by atoms with Gasteiger partial charge in [0.15, 0.2) is 0 Å². The van der Waals surface area contributed by atoms with Crippen LogP contribution in [0.15, 0.2) is 12.4 Å². The molecular weight excluding hydrogens is 340 g/mol. The maximum atomic E-state index is 5.28. The highest BCUT2D eigenvalue weighted by Crippen LogP contribution is 2.39. The fourth-order valence-corrected chi connectivity index (χ4v) is 5.00. The standard InChI is InChI=1S/C20H26N6O/c1-13-23-16-5-3-4-15(16)20(24-13)26-9-7-14-6-8-25(11-17(14)26)18-10-19(27-2)22-12-21-18/h10,12,14,17H,3-9,11H2,1-2H3. The molecule has 0 radical (unpaired) electrons. The third-order valence-electron chi connectivity index (χ3n) is 6.32. The Morgan fingerprint density at radius 2 is 2.00 bits per heavy atom. The van der Waals surface area contributed by atoms with Crippen molar-refractivity contribution in [2.24, 2.45) is 5.92 Å². The first-order valence-electron chi connectivity index (χ1n) is 9.97. The Hall–Kier alpha value is -2.44. The molecule has 2 aromatic heterocycles. The van der Waals surface area contributed by atoms with Gasteiger partial charge in [0.25, 0.3) is 0 Å². The Balaban J connectivity index is 1.44. The van der Waals surface area contributed by atoms with Gasteiger partial charge in [-0.2, -0.15) is 0 Å². The molecule has 5 rings (SSSR count). The Bertz CT molecular complexity index is 856. The lowest BCUT2D eigenvalue weighted by atomic mass is 9.92. The second-order valence-corrected chi connectivity index (χ2v) is 7.84. The smallest absolute Gasteiger partial charge is 0.218 e. The fourth-order valence-electron chi connectivity index (χ4n) is 5.00. The first kappa shape index (κ1) is 16.7. The number of fused-ring (bicyclic) bond motifs is 2. The highest BCUT2D eigenvalue weighted by atomic mass is 16.5. The summed E-state index contributed by atoms with van der Waals surface area (Å²) in [7, 11) is 1.65. The summed E-state index contributed by atoms with van der Waals surface area (Å²) >= 11 is 0. The molecule has 3 aliphatic rings. The van der Waals surface area contributed by atoms with E-state index in [1.54, 1.807) is 13.4 Å². The van der Waals surface area contributed by atoms with Gasteiger partial charge in [-0.25, -0.2) is 19.9 Å². The number of methoxy groups -OCH3 is 1. The van der Waals surface area contributed by atoms with E-state index in [4.69, 9.17) is 14.7 Å². The van der Waals surface area contributed by atoms with E-state index in [2.05, 4.69) is 19.8 Å². The quantitative estimate of drug-likeness (QED) is 0.825. The van der Waals surface area contributed by atoms with E-state index in [-0.39, 0.29) is 0 Å². The molecule has 2 atom stereocenters. The van der Waals surface area contributed by atoms with Crippen molar-refractivity contribution in [2.45, 2.75) is 45.1 Å². The first-order chi connectivity index (χ1) is 13.2. The molecule has 0 bridgehead atoms. The number of piperidine rings is 1. The maximum Gasteiger partial charge on any atom is 0.218 e. The number of ether oxygens (including phenoxy) is 1.